The highest BCUT2D eigenvalue weighted by atomic mass is 16.3. The van der Waals surface area contributed by atoms with Crippen LogP contribution in [0.15, 0.2) is 199 Å². The summed E-state index contributed by atoms with van der Waals surface area (Å²) in [5.74, 6) is 0. The Hall–Kier alpha value is -6.84. The smallest absolute Gasteiger partial charge is 0.135 e. The first kappa shape index (κ1) is 29.1. The summed E-state index contributed by atoms with van der Waals surface area (Å²) in [6.45, 7) is 0. The predicted octanol–water partition coefficient (Wildman–Crippen LogP) is 13.5. The van der Waals surface area contributed by atoms with E-state index in [0.29, 0.717) is 0 Å². The Bertz CT molecular complexity index is 2830. The molecule has 0 fully saturated rings. The Labute approximate surface area is 295 Å². The van der Waals surface area contributed by atoms with Crippen LogP contribution in [0.1, 0.15) is 0 Å². The highest BCUT2D eigenvalue weighted by Crippen LogP contribution is 2.43. The minimum absolute atomic E-state index is 0.909. The van der Waals surface area contributed by atoms with Crippen LogP contribution in [0, 0.1) is 0 Å². The van der Waals surface area contributed by atoms with Crippen LogP contribution in [0.3, 0.4) is 0 Å². The molecule has 8 aromatic carbocycles. The van der Waals surface area contributed by atoms with Gasteiger partial charge >= 0.3 is 0 Å². The second-order valence-corrected chi connectivity index (χ2v) is 13.0. The molecule has 2 aromatic heterocycles. The van der Waals surface area contributed by atoms with E-state index in [1.54, 1.807) is 0 Å². The van der Waals surface area contributed by atoms with Crippen LogP contribution >= 0.6 is 0 Å². The van der Waals surface area contributed by atoms with Gasteiger partial charge in [0.2, 0.25) is 0 Å². The van der Waals surface area contributed by atoms with Crippen LogP contribution in [0.5, 0.6) is 0 Å². The Balaban J connectivity index is 1.14. The van der Waals surface area contributed by atoms with Crippen molar-refractivity contribution < 1.29 is 4.42 Å². The minimum atomic E-state index is 0.909. The lowest BCUT2D eigenvalue weighted by molar-refractivity contribution is 0.669. The zero-order valence-electron chi connectivity index (χ0n) is 27.8. The molecule has 0 aliphatic carbocycles. The maximum atomic E-state index is 6.10. The van der Waals surface area contributed by atoms with Gasteiger partial charge in [0.05, 0.1) is 11.0 Å². The number of rotatable bonds is 6. The van der Waals surface area contributed by atoms with Gasteiger partial charge in [0.1, 0.15) is 11.2 Å². The van der Waals surface area contributed by atoms with E-state index in [4.69, 9.17) is 4.42 Å². The number of hydrogen-bond donors (Lipinski definition) is 0. The summed E-state index contributed by atoms with van der Waals surface area (Å²) in [7, 11) is 0. The molecule has 240 valence electrons. The number of aromatic nitrogens is 1. The van der Waals surface area contributed by atoms with E-state index in [0.717, 1.165) is 55.8 Å². The summed E-state index contributed by atoms with van der Waals surface area (Å²) in [6, 6.07) is 69.2. The number of anilines is 3. The third-order valence-corrected chi connectivity index (χ3v) is 9.98. The number of benzene rings is 8. The SMILES string of the molecule is c1ccc(-c2cccc3c2c2cc(N(c4ccccc4)c4ccc(-c5ccc6oc7ccccc7c6c5)cc4)ccc2n3-c2ccccc2)cc1. The molecule has 0 radical (unpaired) electrons. The average Bonchev–Trinajstić information content (AvgIpc) is 3.75. The number of nitrogens with zero attached hydrogens (tertiary/aromatic N) is 2. The summed E-state index contributed by atoms with van der Waals surface area (Å²) in [4.78, 5) is 2.35. The minimum Gasteiger partial charge on any atom is -0.456 e. The maximum Gasteiger partial charge on any atom is 0.135 e. The second kappa shape index (κ2) is 11.9. The van der Waals surface area contributed by atoms with Gasteiger partial charge in [0.25, 0.3) is 0 Å². The fourth-order valence-corrected chi connectivity index (χ4v) is 7.64. The van der Waals surface area contributed by atoms with Crippen molar-refractivity contribution in [3.63, 3.8) is 0 Å². The molecular formula is C48H32N2O. The molecule has 51 heavy (non-hydrogen) atoms. The summed E-state index contributed by atoms with van der Waals surface area (Å²) >= 11 is 0. The maximum absolute atomic E-state index is 6.10. The van der Waals surface area contributed by atoms with Crippen LogP contribution in [0.4, 0.5) is 17.1 Å². The largest absolute Gasteiger partial charge is 0.456 e. The Kier molecular flexibility index (Phi) is 6.81. The summed E-state index contributed by atoms with van der Waals surface area (Å²) in [5.41, 5.74) is 13.4. The molecule has 10 aromatic rings. The normalized spacial score (nSPS) is 11.5. The third-order valence-electron chi connectivity index (χ3n) is 9.98. The molecule has 3 heteroatoms. The molecule has 0 atom stereocenters. The zero-order chi connectivity index (χ0) is 33.7. The predicted molar refractivity (Wildman–Crippen MR) is 214 cm³/mol. The Morgan fingerprint density at radius 1 is 0.373 bits per heavy atom. The highest BCUT2D eigenvalue weighted by molar-refractivity contribution is 6.16. The first-order chi connectivity index (χ1) is 25.3. The van der Waals surface area contributed by atoms with E-state index >= 15 is 0 Å². The van der Waals surface area contributed by atoms with Gasteiger partial charge in [-0.05, 0) is 101 Å². The molecular weight excluding hydrogens is 621 g/mol. The van der Waals surface area contributed by atoms with E-state index in [9.17, 15) is 0 Å². The summed E-state index contributed by atoms with van der Waals surface area (Å²) in [6.07, 6.45) is 0. The highest BCUT2D eigenvalue weighted by Gasteiger charge is 2.20. The van der Waals surface area contributed by atoms with Gasteiger partial charge in [-0.15, -0.1) is 0 Å². The van der Waals surface area contributed by atoms with Crippen molar-refractivity contribution in [1.29, 1.82) is 0 Å². The lowest BCUT2D eigenvalue weighted by Gasteiger charge is -2.26. The van der Waals surface area contributed by atoms with E-state index < -0.39 is 0 Å². The standard InChI is InChI=1S/C48H32N2O/c1-4-13-34(14-5-1)40-20-12-21-45-48(40)43-32-39(28-29-44(43)50(45)37-17-8-3-9-18-37)49(36-15-6-2-7-16-36)38-26-23-33(24-27-38)35-25-30-47-42(31-35)41-19-10-11-22-46(41)51-47/h1-32H. The second-order valence-electron chi connectivity index (χ2n) is 13.0. The van der Waals surface area contributed by atoms with Crippen molar-refractivity contribution in [2.24, 2.45) is 0 Å². The van der Waals surface area contributed by atoms with Gasteiger partial charge in [0.15, 0.2) is 0 Å². The molecule has 0 saturated carbocycles. The molecule has 2 heterocycles. The summed E-state index contributed by atoms with van der Waals surface area (Å²) in [5, 5.41) is 4.73. The molecule has 0 aliphatic heterocycles. The van der Waals surface area contributed by atoms with E-state index in [1.165, 1.54) is 32.9 Å². The van der Waals surface area contributed by atoms with Crippen LogP contribution in [0.2, 0.25) is 0 Å². The molecule has 0 amide bonds. The first-order valence-electron chi connectivity index (χ1n) is 17.4. The lowest BCUT2D eigenvalue weighted by Crippen LogP contribution is -2.09. The number of hydrogen-bond acceptors (Lipinski definition) is 2. The van der Waals surface area contributed by atoms with Crippen LogP contribution < -0.4 is 4.90 Å². The van der Waals surface area contributed by atoms with E-state index in [-0.39, 0.29) is 0 Å². The molecule has 0 spiro atoms. The van der Waals surface area contributed by atoms with Crippen molar-refractivity contribution in [3.8, 4) is 27.9 Å². The van der Waals surface area contributed by atoms with E-state index in [1.807, 2.05) is 12.1 Å². The van der Waals surface area contributed by atoms with Crippen LogP contribution in [-0.4, -0.2) is 4.57 Å². The van der Waals surface area contributed by atoms with Crippen LogP contribution in [0.25, 0.3) is 71.7 Å². The Morgan fingerprint density at radius 3 is 1.82 bits per heavy atom. The molecule has 0 bridgehead atoms. The summed E-state index contributed by atoms with van der Waals surface area (Å²) < 4.78 is 8.49. The van der Waals surface area contributed by atoms with Crippen LogP contribution in [-0.2, 0) is 0 Å². The quantitative estimate of drug-likeness (QED) is 0.178. The van der Waals surface area contributed by atoms with Gasteiger partial charge in [-0.2, -0.15) is 0 Å². The lowest BCUT2D eigenvalue weighted by atomic mass is 9.99. The van der Waals surface area contributed by atoms with Crippen molar-refractivity contribution >= 4 is 60.8 Å². The molecule has 0 saturated heterocycles. The molecule has 0 N–H and O–H groups in total. The van der Waals surface area contributed by atoms with Gasteiger partial charge in [-0.25, -0.2) is 0 Å². The average molecular weight is 653 g/mol. The fraction of sp³-hybridized carbons (Fsp3) is 0. The van der Waals surface area contributed by atoms with Crippen molar-refractivity contribution in [2.75, 3.05) is 4.90 Å². The molecule has 0 aliphatic rings. The number of para-hydroxylation sites is 3. The van der Waals surface area contributed by atoms with Crippen molar-refractivity contribution in [2.45, 2.75) is 0 Å². The third kappa shape index (κ3) is 4.90. The fourth-order valence-electron chi connectivity index (χ4n) is 7.64. The van der Waals surface area contributed by atoms with Gasteiger partial charge in [0, 0.05) is 44.3 Å². The molecule has 0 unspecified atom stereocenters. The van der Waals surface area contributed by atoms with Gasteiger partial charge in [-0.3, -0.25) is 0 Å². The monoisotopic (exact) mass is 652 g/mol. The molecule has 10 rings (SSSR count). The van der Waals surface area contributed by atoms with E-state index in [2.05, 4.69) is 191 Å². The van der Waals surface area contributed by atoms with Crippen molar-refractivity contribution in [3.05, 3.63) is 194 Å². The first-order valence-corrected chi connectivity index (χ1v) is 17.4. The topological polar surface area (TPSA) is 21.3 Å². The number of furan rings is 1. The zero-order valence-corrected chi connectivity index (χ0v) is 27.8. The Morgan fingerprint density at radius 2 is 1.02 bits per heavy atom. The van der Waals surface area contributed by atoms with Gasteiger partial charge in [-0.1, -0.05) is 115 Å². The van der Waals surface area contributed by atoms with Gasteiger partial charge < -0.3 is 13.9 Å². The number of fused-ring (bicyclic) bond motifs is 6. The molecule has 3 nitrogen and oxygen atoms in total. The van der Waals surface area contributed by atoms with Crippen molar-refractivity contribution in [1.82, 2.24) is 4.57 Å².